The lowest BCUT2D eigenvalue weighted by molar-refractivity contribution is -0.117. The topological polar surface area (TPSA) is 40.5 Å². The van der Waals surface area contributed by atoms with Gasteiger partial charge in [-0.25, -0.2) is 0 Å². The number of amides is 1. The number of hydrogen-bond acceptors (Lipinski definition) is 2. The molecule has 0 aromatic heterocycles. The molecule has 1 aliphatic rings. The van der Waals surface area contributed by atoms with Crippen LogP contribution in [0.25, 0.3) is 0 Å². The zero-order chi connectivity index (χ0) is 10.8. The molecule has 15 heavy (non-hydrogen) atoms. The summed E-state index contributed by atoms with van der Waals surface area (Å²) in [5.41, 5.74) is 0.933. The highest BCUT2D eigenvalue weighted by molar-refractivity contribution is 14.1. The van der Waals surface area contributed by atoms with Crippen LogP contribution < -0.4 is 4.90 Å². The van der Waals surface area contributed by atoms with Gasteiger partial charge in [-0.1, -0.05) is 6.07 Å². The third kappa shape index (κ3) is 2.31. The Kier molecular flexibility index (Phi) is 3.25. The van der Waals surface area contributed by atoms with Crippen molar-refractivity contribution in [2.45, 2.75) is 6.42 Å². The average molecular weight is 317 g/mol. The molecule has 0 radical (unpaired) electrons. The van der Waals surface area contributed by atoms with Gasteiger partial charge < -0.3 is 10.0 Å². The molecule has 0 saturated carbocycles. The van der Waals surface area contributed by atoms with Crippen molar-refractivity contribution < 1.29 is 9.90 Å². The average Bonchev–Trinajstić information content (AvgIpc) is 2.60. The minimum Gasteiger partial charge on any atom is -0.396 e. The molecule has 1 unspecified atom stereocenters. The lowest BCUT2D eigenvalue weighted by Gasteiger charge is -2.16. The molecule has 80 valence electrons. The molecule has 0 aliphatic carbocycles. The van der Waals surface area contributed by atoms with E-state index in [-0.39, 0.29) is 18.4 Å². The first-order valence-corrected chi connectivity index (χ1v) is 5.95. The van der Waals surface area contributed by atoms with Crippen molar-refractivity contribution in [3.8, 4) is 0 Å². The summed E-state index contributed by atoms with van der Waals surface area (Å²) >= 11 is 2.23. The lowest BCUT2D eigenvalue weighted by atomic mass is 10.1. The Labute approximate surface area is 102 Å². The van der Waals surface area contributed by atoms with E-state index in [2.05, 4.69) is 22.6 Å². The van der Waals surface area contributed by atoms with Crippen molar-refractivity contribution >= 4 is 34.2 Å². The maximum atomic E-state index is 11.7. The zero-order valence-electron chi connectivity index (χ0n) is 8.19. The van der Waals surface area contributed by atoms with Gasteiger partial charge in [0.2, 0.25) is 5.91 Å². The normalized spacial score (nSPS) is 21.1. The second-order valence-corrected chi connectivity index (χ2v) is 4.98. The number of halogens is 1. The quantitative estimate of drug-likeness (QED) is 0.843. The second kappa shape index (κ2) is 4.49. The van der Waals surface area contributed by atoms with E-state index in [1.165, 1.54) is 0 Å². The first-order chi connectivity index (χ1) is 7.20. The number of hydrogen-bond donors (Lipinski definition) is 1. The van der Waals surface area contributed by atoms with Crippen molar-refractivity contribution in [2.24, 2.45) is 5.92 Å². The smallest absolute Gasteiger partial charge is 0.227 e. The highest BCUT2D eigenvalue weighted by Crippen LogP contribution is 2.25. The number of anilines is 1. The van der Waals surface area contributed by atoms with Crippen LogP contribution in [0.1, 0.15) is 6.42 Å². The minimum atomic E-state index is 0.0895. The molecule has 1 saturated heterocycles. The van der Waals surface area contributed by atoms with Gasteiger partial charge in [-0.3, -0.25) is 4.79 Å². The Bertz CT molecular complexity index is 381. The predicted molar refractivity (Wildman–Crippen MR) is 66.7 cm³/mol. The van der Waals surface area contributed by atoms with Gasteiger partial charge in [-0.2, -0.15) is 0 Å². The van der Waals surface area contributed by atoms with Gasteiger partial charge in [-0.15, -0.1) is 0 Å². The standard InChI is InChI=1S/C11H12INO2/c12-9-2-1-3-10(5-9)13-6-8(7-14)4-11(13)15/h1-3,5,8,14H,4,6-7H2. The first-order valence-electron chi connectivity index (χ1n) is 4.87. The summed E-state index contributed by atoms with van der Waals surface area (Å²) in [6.07, 6.45) is 0.460. The molecule has 1 fully saturated rings. The fourth-order valence-corrected chi connectivity index (χ4v) is 2.32. The SMILES string of the molecule is O=C1CC(CO)CN1c1cccc(I)c1. The van der Waals surface area contributed by atoms with Crippen LogP contribution in [0.15, 0.2) is 24.3 Å². The molecule has 1 aliphatic heterocycles. The third-order valence-corrected chi connectivity index (χ3v) is 3.25. The second-order valence-electron chi connectivity index (χ2n) is 3.74. The summed E-state index contributed by atoms with van der Waals surface area (Å²) in [4.78, 5) is 13.4. The van der Waals surface area contributed by atoms with E-state index in [1.807, 2.05) is 24.3 Å². The number of nitrogens with zero attached hydrogens (tertiary/aromatic N) is 1. The van der Waals surface area contributed by atoms with Gasteiger partial charge in [0.05, 0.1) is 0 Å². The number of rotatable bonds is 2. The van der Waals surface area contributed by atoms with Crippen LogP contribution in [0.2, 0.25) is 0 Å². The Hall–Kier alpha value is -0.620. The fourth-order valence-electron chi connectivity index (χ4n) is 1.80. The predicted octanol–water partition coefficient (Wildman–Crippen LogP) is 1.64. The van der Waals surface area contributed by atoms with E-state index in [4.69, 9.17) is 5.11 Å². The molecule has 1 amide bonds. The van der Waals surface area contributed by atoms with E-state index in [1.54, 1.807) is 4.90 Å². The summed E-state index contributed by atoms with van der Waals surface area (Å²) in [6.45, 7) is 0.724. The third-order valence-electron chi connectivity index (χ3n) is 2.58. The van der Waals surface area contributed by atoms with Gasteiger partial charge in [0.15, 0.2) is 0 Å². The lowest BCUT2D eigenvalue weighted by Crippen LogP contribution is -2.24. The number of aliphatic hydroxyl groups is 1. The van der Waals surface area contributed by atoms with Gasteiger partial charge in [0.1, 0.15) is 0 Å². The van der Waals surface area contributed by atoms with Crippen LogP contribution in [0.5, 0.6) is 0 Å². The van der Waals surface area contributed by atoms with E-state index in [0.717, 1.165) is 9.26 Å². The maximum Gasteiger partial charge on any atom is 0.227 e. The van der Waals surface area contributed by atoms with Crippen LogP contribution in [0.3, 0.4) is 0 Å². The molecule has 2 rings (SSSR count). The highest BCUT2D eigenvalue weighted by atomic mass is 127. The molecule has 1 heterocycles. The van der Waals surface area contributed by atoms with Crippen molar-refractivity contribution in [3.63, 3.8) is 0 Å². The van der Waals surface area contributed by atoms with Crippen LogP contribution in [-0.4, -0.2) is 24.2 Å². The van der Waals surface area contributed by atoms with Gasteiger partial charge in [0.25, 0.3) is 0 Å². The summed E-state index contributed by atoms with van der Waals surface area (Å²) in [5, 5.41) is 9.02. The molecule has 4 heteroatoms. The molecule has 0 spiro atoms. The van der Waals surface area contributed by atoms with Crippen molar-refractivity contribution in [2.75, 3.05) is 18.1 Å². The number of aliphatic hydroxyl groups excluding tert-OH is 1. The Balaban J connectivity index is 2.21. The van der Waals surface area contributed by atoms with Crippen LogP contribution in [0, 0.1) is 9.49 Å². The first kappa shape index (κ1) is 10.9. The van der Waals surface area contributed by atoms with Gasteiger partial charge in [0, 0.05) is 34.7 Å². The molecule has 0 bridgehead atoms. The summed E-state index contributed by atoms with van der Waals surface area (Å²) in [6, 6.07) is 7.85. The molecule has 1 N–H and O–H groups in total. The Morgan fingerprint density at radius 2 is 2.33 bits per heavy atom. The maximum absolute atomic E-state index is 11.7. The fraction of sp³-hybridized carbons (Fsp3) is 0.364. The molecule has 1 aromatic carbocycles. The van der Waals surface area contributed by atoms with Crippen molar-refractivity contribution in [1.82, 2.24) is 0 Å². The van der Waals surface area contributed by atoms with Crippen LogP contribution in [-0.2, 0) is 4.79 Å². The Morgan fingerprint density at radius 3 is 2.93 bits per heavy atom. The van der Waals surface area contributed by atoms with Crippen molar-refractivity contribution in [3.05, 3.63) is 27.8 Å². The minimum absolute atomic E-state index is 0.0895. The zero-order valence-corrected chi connectivity index (χ0v) is 10.3. The number of carbonyl (C=O) groups is 1. The van der Waals surface area contributed by atoms with Gasteiger partial charge in [-0.05, 0) is 40.8 Å². The molecular formula is C11H12INO2. The largest absolute Gasteiger partial charge is 0.396 e. The van der Waals surface area contributed by atoms with E-state index < -0.39 is 0 Å². The van der Waals surface area contributed by atoms with Crippen LogP contribution >= 0.6 is 22.6 Å². The number of carbonyl (C=O) groups excluding carboxylic acids is 1. The van der Waals surface area contributed by atoms with E-state index in [9.17, 15) is 4.79 Å². The van der Waals surface area contributed by atoms with Crippen LogP contribution in [0.4, 0.5) is 5.69 Å². The molecule has 3 nitrogen and oxygen atoms in total. The summed E-state index contributed by atoms with van der Waals surface area (Å²) < 4.78 is 1.12. The van der Waals surface area contributed by atoms with Gasteiger partial charge >= 0.3 is 0 Å². The highest BCUT2D eigenvalue weighted by Gasteiger charge is 2.29. The monoisotopic (exact) mass is 317 g/mol. The van der Waals surface area contributed by atoms with E-state index >= 15 is 0 Å². The number of benzene rings is 1. The molecule has 1 aromatic rings. The molecular weight excluding hydrogens is 305 g/mol. The summed E-state index contributed by atoms with van der Waals surface area (Å²) in [5.74, 6) is 0.200. The Morgan fingerprint density at radius 1 is 1.53 bits per heavy atom. The van der Waals surface area contributed by atoms with Crippen molar-refractivity contribution in [1.29, 1.82) is 0 Å². The van der Waals surface area contributed by atoms with E-state index in [0.29, 0.717) is 13.0 Å². The molecule has 1 atom stereocenters. The summed E-state index contributed by atoms with van der Waals surface area (Å²) in [7, 11) is 0.